The summed E-state index contributed by atoms with van der Waals surface area (Å²) in [5.41, 5.74) is 6.56. The average molecular weight is 238 g/mol. The van der Waals surface area contributed by atoms with E-state index in [0.29, 0.717) is 18.8 Å². The highest BCUT2D eigenvalue weighted by Gasteiger charge is 2.21. The first-order chi connectivity index (χ1) is 7.80. The second-order valence-electron chi connectivity index (χ2n) is 5.01. The van der Waals surface area contributed by atoms with Crippen LogP contribution in [0.25, 0.3) is 0 Å². The maximum absolute atomic E-state index is 10.1. The molecule has 1 atom stereocenters. The summed E-state index contributed by atoms with van der Waals surface area (Å²) in [5, 5.41) is 13.2. The number of pyridine rings is 1. The second-order valence-corrected chi connectivity index (χ2v) is 5.01. The maximum atomic E-state index is 10.1. The Hall–Kier alpha value is -1.33. The number of aromatic nitrogens is 1. The smallest absolute Gasteiger partial charge is 0.126 e. The lowest BCUT2D eigenvalue weighted by Gasteiger charge is -2.27. The zero-order valence-corrected chi connectivity index (χ0v) is 11.0. The summed E-state index contributed by atoms with van der Waals surface area (Å²) in [7, 11) is 3.86. The fourth-order valence-corrected chi connectivity index (χ4v) is 1.68. The van der Waals surface area contributed by atoms with Gasteiger partial charge in [0, 0.05) is 13.1 Å². The molecule has 1 heterocycles. The van der Waals surface area contributed by atoms with Crippen LogP contribution in [0.5, 0.6) is 0 Å². The molecule has 0 aliphatic rings. The van der Waals surface area contributed by atoms with Crippen molar-refractivity contribution in [2.75, 3.05) is 38.2 Å². The van der Waals surface area contributed by atoms with E-state index >= 15 is 0 Å². The lowest BCUT2D eigenvalue weighted by Crippen LogP contribution is -2.43. The molecule has 0 aliphatic carbocycles. The number of nitrogens with one attached hydrogen (secondary N) is 1. The van der Waals surface area contributed by atoms with Crippen LogP contribution < -0.4 is 11.1 Å². The Balaban J connectivity index is 2.58. The Morgan fingerprint density at radius 1 is 1.53 bits per heavy atom. The topological polar surface area (TPSA) is 74.4 Å². The molecule has 0 saturated heterocycles. The number of likely N-dealkylation sites (N-methyl/N-ethyl adjacent to an activating group) is 1. The summed E-state index contributed by atoms with van der Waals surface area (Å²) in [6.07, 6.45) is 1.62. The van der Waals surface area contributed by atoms with Crippen LogP contribution in [-0.4, -0.2) is 47.8 Å². The predicted octanol–water partition coefficient (Wildman–Crippen LogP) is 0.697. The van der Waals surface area contributed by atoms with Gasteiger partial charge in [-0.05, 0) is 39.6 Å². The number of hydrogen-bond acceptors (Lipinski definition) is 5. The molecule has 0 amide bonds. The minimum atomic E-state index is -0.791. The summed E-state index contributed by atoms with van der Waals surface area (Å²) in [5.74, 6) is 0.732. The fraction of sp³-hybridized carbons (Fsp3) is 0.583. The summed E-state index contributed by atoms with van der Waals surface area (Å²) in [6.45, 7) is 4.76. The van der Waals surface area contributed by atoms with Gasteiger partial charge in [-0.1, -0.05) is 0 Å². The standard InChI is InChI=1S/C12H22N4O/c1-9-5-11(14-6-10(9)13)15-7-12(2,17)8-16(3)4/h5-6,17H,7-8,13H2,1-4H3,(H,14,15). The monoisotopic (exact) mass is 238 g/mol. The number of aryl methyl sites for hydroxylation is 1. The molecule has 0 radical (unpaired) electrons. The summed E-state index contributed by atoms with van der Waals surface area (Å²) >= 11 is 0. The van der Waals surface area contributed by atoms with Crippen molar-refractivity contribution in [3.05, 3.63) is 17.8 Å². The highest BCUT2D eigenvalue weighted by atomic mass is 16.3. The minimum absolute atomic E-state index is 0.446. The van der Waals surface area contributed by atoms with Crippen molar-refractivity contribution < 1.29 is 5.11 Å². The van der Waals surface area contributed by atoms with Crippen LogP contribution in [0, 0.1) is 6.92 Å². The van der Waals surface area contributed by atoms with E-state index in [4.69, 9.17) is 5.73 Å². The Labute approximate surface area is 103 Å². The molecule has 0 fully saturated rings. The molecule has 0 bridgehead atoms. The van der Waals surface area contributed by atoms with Crippen LogP contribution in [0.3, 0.4) is 0 Å². The molecule has 0 aromatic carbocycles. The zero-order valence-electron chi connectivity index (χ0n) is 11.0. The SMILES string of the molecule is Cc1cc(NCC(C)(O)CN(C)C)ncc1N. The molecule has 5 nitrogen and oxygen atoms in total. The molecule has 5 heteroatoms. The van der Waals surface area contributed by atoms with Crippen molar-refractivity contribution in [1.29, 1.82) is 0 Å². The molecule has 0 aliphatic heterocycles. The Morgan fingerprint density at radius 3 is 2.71 bits per heavy atom. The normalized spacial score (nSPS) is 14.7. The van der Waals surface area contributed by atoms with Gasteiger partial charge in [0.15, 0.2) is 0 Å². The third-order valence-corrected chi connectivity index (χ3v) is 2.46. The van der Waals surface area contributed by atoms with Gasteiger partial charge in [0.05, 0.1) is 17.5 Å². The van der Waals surface area contributed by atoms with Crippen LogP contribution >= 0.6 is 0 Å². The maximum Gasteiger partial charge on any atom is 0.126 e. The second kappa shape index (κ2) is 5.33. The molecule has 1 rings (SSSR count). The van der Waals surface area contributed by atoms with Gasteiger partial charge in [0.1, 0.15) is 5.82 Å². The minimum Gasteiger partial charge on any atom is -0.397 e. The van der Waals surface area contributed by atoms with E-state index in [9.17, 15) is 5.11 Å². The highest BCUT2D eigenvalue weighted by molar-refractivity contribution is 5.50. The van der Waals surface area contributed by atoms with Gasteiger partial charge >= 0.3 is 0 Å². The molecule has 0 saturated carbocycles. The molecule has 1 unspecified atom stereocenters. The van der Waals surface area contributed by atoms with Crippen LogP contribution in [-0.2, 0) is 0 Å². The Morgan fingerprint density at radius 2 is 2.18 bits per heavy atom. The van der Waals surface area contributed by atoms with E-state index < -0.39 is 5.60 Å². The van der Waals surface area contributed by atoms with E-state index in [-0.39, 0.29) is 0 Å². The summed E-state index contributed by atoms with van der Waals surface area (Å²) in [4.78, 5) is 6.11. The van der Waals surface area contributed by atoms with E-state index in [1.807, 2.05) is 32.0 Å². The van der Waals surface area contributed by atoms with Crippen LogP contribution in [0.1, 0.15) is 12.5 Å². The molecular weight excluding hydrogens is 216 g/mol. The summed E-state index contributed by atoms with van der Waals surface area (Å²) in [6, 6.07) is 1.88. The highest BCUT2D eigenvalue weighted by Crippen LogP contribution is 2.14. The van der Waals surface area contributed by atoms with Crippen molar-refractivity contribution in [2.45, 2.75) is 19.4 Å². The van der Waals surface area contributed by atoms with Gasteiger partial charge < -0.3 is 21.1 Å². The average Bonchev–Trinajstić information content (AvgIpc) is 2.18. The van der Waals surface area contributed by atoms with Gasteiger partial charge in [0.25, 0.3) is 0 Å². The van der Waals surface area contributed by atoms with Gasteiger partial charge in [-0.2, -0.15) is 0 Å². The summed E-state index contributed by atoms with van der Waals surface area (Å²) < 4.78 is 0. The van der Waals surface area contributed by atoms with Crippen LogP contribution in [0.4, 0.5) is 11.5 Å². The molecule has 4 N–H and O–H groups in total. The quantitative estimate of drug-likeness (QED) is 0.704. The van der Waals surface area contributed by atoms with Crippen molar-refractivity contribution in [3.8, 4) is 0 Å². The van der Waals surface area contributed by atoms with Gasteiger partial charge in [-0.15, -0.1) is 0 Å². The van der Waals surface area contributed by atoms with Crippen LogP contribution in [0.2, 0.25) is 0 Å². The third-order valence-electron chi connectivity index (χ3n) is 2.46. The largest absolute Gasteiger partial charge is 0.397 e. The molecule has 17 heavy (non-hydrogen) atoms. The zero-order chi connectivity index (χ0) is 13.1. The first-order valence-corrected chi connectivity index (χ1v) is 5.63. The Bertz CT molecular complexity index is 377. The van der Waals surface area contributed by atoms with Crippen molar-refractivity contribution in [3.63, 3.8) is 0 Å². The first-order valence-electron chi connectivity index (χ1n) is 5.63. The third kappa shape index (κ3) is 4.58. The lowest BCUT2D eigenvalue weighted by molar-refractivity contribution is 0.0459. The van der Waals surface area contributed by atoms with E-state index in [2.05, 4.69) is 10.3 Å². The van der Waals surface area contributed by atoms with E-state index in [0.717, 1.165) is 11.4 Å². The van der Waals surface area contributed by atoms with E-state index in [1.54, 1.807) is 13.1 Å². The molecular formula is C12H22N4O. The number of nitrogen functional groups attached to an aromatic ring is 1. The number of nitrogens with zero attached hydrogens (tertiary/aromatic N) is 2. The van der Waals surface area contributed by atoms with Crippen molar-refractivity contribution >= 4 is 11.5 Å². The molecule has 96 valence electrons. The molecule has 1 aromatic rings. The van der Waals surface area contributed by atoms with Crippen molar-refractivity contribution in [1.82, 2.24) is 9.88 Å². The first kappa shape index (κ1) is 13.7. The fourth-order valence-electron chi connectivity index (χ4n) is 1.68. The van der Waals surface area contributed by atoms with Crippen molar-refractivity contribution in [2.24, 2.45) is 0 Å². The molecule has 1 aromatic heterocycles. The Kier molecular flexibility index (Phi) is 4.31. The lowest BCUT2D eigenvalue weighted by atomic mass is 10.1. The number of aliphatic hydroxyl groups is 1. The number of anilines is 2. The molecule has 0 spiro atoms. The van der Waals surface area contributed by atoms with Gasteiger partial charge in [0.2, 0.25) is 0 Å². The number of rotatable bonds is 5. The number of hydrogen-bond donors (Lipinski definition) is 3. The van der Waals surface area contributed by atoms with Gasteiger partial charge in [-0.3, -0.25) is 0 Å². The van der Waals surface area contributed by atoms with E-state index in [1.165, 1.54) is 0 Å². The predicted molar refractivity (Wildman–Crippen MR) is 71.1 cm³/mol. The van der Waals surface area contributed by atoms with Crippen LogP contribution in [0.15, 0.2) is 12.3 Å². The number of nitrogens with two attached hydrogens (primary N) is 1. The van der Waals surface area contributed by atoms with Gasteiger partial charge in [-0.25, -0.2) is 4.98 Å².